The summed E-state index contributed by atoms with van der Waals surface area (Å²) >= 11 is 0. The second kappa shape index (κ2) is 3.96. The van der Waals surface area contributed by atoms with Gasteiger partial charge in [0.2, 0.25) is 0 Å². The van der Waals surface area contributed by atoms with Crippen LogP contribution < -0.4 is 10.6 Å². The van der Waals surface area contributed by atoms with Crippen molar-refractivity contribution in [1.29, 1.82) is 0 Å². The van der Waals surface area contributed by atoms with Gasteiger partial charge in [-0.3, -0.25) is 19.8 Å². The van der Waals surface area contributed by atoms with E-state index < -0.39 is 0 Å². The largest absolute Gasteiger partial charge is 0.340 e. The number of amides is 1. The van der Waals surface area contributed by atoms with Gasteiger partial charge < -0.3 is 5.32 Å². The van der Waals surface area contributed by atoms with Gasteiger partial charge in [0, 0.05) is 24.8 Å². The second-order valence-corrected chi connectivity index (χ2v) is 3.99. The third kappa shape index (κ3) is 1.78. The minimum absolute atomic E-state index is 0.0936. The van der Waals surface area contributed by atoms with Crippen LogP contribution in [0, 0.1) is 0 Å². The molecule has 2 N–H and O–H groups in total. The highest BCUT2D eigenvalue weighted by atomic mass is 16.2. The van der Waals surface area contributed by atoms with Crippen molar-refractivity contribution in [2.45, 2.75) is 25.9 Å². The molecule has 0 spiro atoms. The Labute approximate surface area is 93.7 Å². The number of nitrogens with zero attached hydrogens (tertiary/aromatic N) is 3. The van der Waals surface area contributed by atoms with E-state index >= 15 is 0 Å². The molecule has 1 saturated heterocycles. The third-order valence-electron chi connectivity index (χ3n) is 2.49. The summed E-state index contributed by atoms with van der Waals surface area (Å²) in [6.07, 6.45) is 3.58. The van der Waals surface area contributed by atoms with Crippen molar-refractivity contribution in [2.75, 3.05) is 7.05 Å². The van der Waals surface area contributed by atoms with Crippen molar-refractivity contribution >= 4 is 11.9 Å². The molecule has 16 heavy (non-hydrogen) atoms. The molecule has 0 aromatic carbocycles. The van der Waals surface area contributed by atoms with Gasteiger partial charge in [0.25, 0.3) is 5.91 Å². The molecule has 86 valence electrons. The van der Waals surface area contributed by atoms with Crippen molar-refractivity contribution in [3.8, 4) is 0 Å². The Bertz CT molecular complexity index is 434. The molecule has 0 aliphatic carbocycles. The number of aromatic nitrogens is 2. The lowest BCUT2D eigenvalue weighted by molar-refractivity contribution is -0.120. The fraction of sp³-hybridized carbons (Fsp3) is 0.500. The van der Waals surface area contributed by atoms with Crippen LogP contribution in [0.1, 0.15) is 31.5 Å². The molecule has 2 rings (SSSR count). The monoisotopic (exact) mass is 221 g/mol. The topological polar surface area (TPSA) is 71.3 Å². The van der Waals surface area contributed by atoms with Gasteiger partial charge in [-0.25, -0.2) is 0 Å². The summed E-state index contributed by atoms with van der Waals surface area (Å²) < 4.78 is 1.82. The summed E-state index contributed by atoms with van der Waals surface area (Å²) in [4.78, 5) is 15.5. The highest BCUT2D eigenvalue weighted by molar-refractivity contribution is 6.06. The van der Waals surface area contributed by atoms with Gasteiger partial charge in [-0.05, 0) is 13.8 Å². The summed E-state index contributed by atoms with van der Waals surface area (Å²) in [7, 11) is 1.63. The van der Waals surface area contributed by atoms with E-state index in [1.54, 1.807) is 13.2 Å². The Morgan fingerprint density at radius 3 is 2.81 bits per heavy atom. The molecule has 1 fully saturated rings. The van der Waals surface area contributed by atoms with Gasteiger partial charge in [-0.15, -0.1) is 0 Å². The zero-order valence-corrected chi connectivity index (χ0v) is 9.56. The zero-order valence-electron chi connectivity index (χ0n) is 9.56. The first-order valence-electron chi connectivity index (χ1n) is 5.20. The van der Waals surface area contributed by atoms with Crippen LogP contribution in [0.5, 0.6) is 0 Å². The van der Waals surface area contributed by atoms with E-state index in [0.29, 0.717) is 5.96 Å². The molecular formula is C10H15N5O. The molecule has 1 amide bonds. The van der Waals surface area contributed by atoms with E-state index in [0.717, 1.165) is 5.56 Å². The normalized spacial score (nSPS) is 22.6. The minimum Gasteiger partial charge on any atom is -0.340 e. The maximum Gasteiger partial charge on any atom is 0.254 e. The molecule has 1 atom stereocenters. The highest BCUT2D eigenvalue weighted by Crippen LogP contribution is 2.17. The standard InChI is InChI=1S/C10H15N5O/c1-6(2)15-5-7(4-12-15)8-9(16)14-10(11-3)13-8/h4-6,8H,1-3H3,(H2,11,13,14,16). The number of hydrogen-bond acceptors (Lipinski definition) is 3. The molecule has 6 heteroatoms. The van der Waals surface area contributed by atoms with E-state index in [1.165, 1.54) is 0 Å². The molecule has 1 aliphatic heterocycles. The Morgan fingerprint density at radius 2 is 2.31 bits per heavy atom. The fourth-order valence-corrected chi connectivity index (χ4v) is 1.57. The first-order valence-corrected chi connectivity index (χ1v) is 5.20. The number of nitrogens with one attached hydrogen (secondary N) is 2. The first kappa shape index (κ1) is 10.7. The predicted octanol–water partition coefficient (Wildman–Crippen LogP) is 0.210. The first-order chi connectivity index (χ1) is 7.61. The minimum atomic E-state index is -0.383. The maximum atomic E-state index is 11.6. The predicted molar refractivity (Wildman–Crippen MR) is 60.0 cm³/mol. The van der Waals surface area contributed by atoms with Gasteiger partial charge in [0.15, 0.2) is 5.96 Å². The van der Waals surface area contributed by atoms with Crippen molar-refractivity contribution in [3.05, 3.63) is 18.0 Å². The summed E-state index contributed by atoms with van der Waals surface area (Å²) in [5.74, 6) is 0.413. The van der Waals surface area contributed by atoms with Crippen LogP contribution in [0.15, 0.2) is 17.4 Å². The summed E-state index contributed by atoms with van der Waals surface area (Å²) in [6, 6.07) is -0.0938. The van der Waals surface area contributed by atoms with Gasteiger partial charge in [0.05, 0.1) is 6.20 Å². The SMILES string of the molecule is CN=C1NC(=O)C(c2cnn(C(C)C)c2)N1. The molecular weight excluding hydrogens is 206 g/mol. The van der Waals surface area contributed by atoms with Gasteiger partial charge >= 0.3 is 0 Å². The van der Waals surface area contributed by atoms with E-state index in [-0.39, 0.29) is 18.0 Å². The Balaban J connectivity index is 2.21. The Morgan fingerprint density at radius 1 is 1.56 bits per heavy atom. The molecule has 2 heterocycles. The van der Waals surface area contributed by atoms with Gasteiger partial charge in [-0.2, -0.15) is 5.10 Å². The molecule has 0 bridgehead atoms. The number of carbonyl (C=O) groups excluding carboxylic acids is 1. The van der Waals surface area contributed by atoms with Crippen molar-refractivity contribution < 1.29 is 4.79 Å². The van der Waals surface area contributed by atoms with Crippen molar-refractivity contribution in [2.24, 2.45) is 4.99 Å². The highest BCUT2D eigenvalue weighted by Gasteiger charge is 2.30. The van der Waals surface area contributed by atoms with Crippen LogP contribution in [-0.2, 0) is 4.79 Å². The van der Waals surface area contributed by atoms with Crippen LogP contribution >= 0.6 is 0 Å². The van der Waals surface area contributed by atoms with Crippen LogP contribution in [-0.4, -0.2) is 28.7 Å². The lowest BCUT2D eigenvalue weighted by Gasteiger charge is -2.05. The van der Waals surface area contributed by atoms with Gasteiger partial charge in [0.1, 0.15) is 6.04 Å². The molecule has 1 aliphatic rings. The molecule has 0 radical (unpaired) electrons. The molecule has 0 saturated carbocycles. The third-order valence-corrected chi connectivity index (χ3v) is 2.49. The average Bonchev–Trinajstić information content (AvgIpc) is 2.83. The molecule has 6 nitrogen and oxygen atoms in total. The van der Waals surface area contributed by atoms with Crippen LogP contribution in [0.25, 0.3) is 0 Å². The smallest absolute Gasteiger partial charge is 0.254 e. The van der Waals surface area contributed by atoms with Crippen LogP contribution in [0.2, 0.25) is 0 Å². The summed E-state index contributed by atoms with van der Waals surface area (Å²) in [5.41, 5.74) is 0.852. The summed E-state index contributed by atoms with van der Waals surface area (Å²) in [6.45, 7) is 4.08. The van der Waals surface area contributed by atoms with E-state index in [9.17, 15) is 4.79 Å². The zero-order chi connectivity index (χ0) is 11.7. The second-order valence-electron chi connectivity index (χ2n) is 3.99. The Hall–Kier alpha value is -1.85. The van der Waals surface area contributed by atoms with E-state index in [4.69, 9.17) is 0 Å². The lowest BCUT2D eigenvalue weighted by Crippen LogP contribution is -2.24. The number of carbonyl (C=O) groups is 1. The van der Waals surface area contributed by atoms with Crippen LogP contribution in [0.3, 0.4) is 0 Å². The van der Waals surface area contributed by atoms with Gasteiger partial charge in [-0.1, -0.05) is 0 Å². The molecule has 1 unspecified atom stereocenters. The summed E-state index contributed by atoms with van der Waals surface area (Å²) in [5, 5.41) is 9.85. The fourth-order valence-electron chi connectivity index (χ4n) is 1.57. The number of rotatable bonds is 2. The number of hydrogen-bond donors (Lipinski definition) is 2. The van der Waals surface area contributed by atoms with E-state index in [2.05, 4.69) is 20.7 Å². The van der Waals surface area contributed by atoms with Crippen molar-refractivity contribution in [1.82, 2.24) is 20.4 Å². The Kier molecular flexibility index (Phi) is 2.64. The lowest BCUT2D eigenvalue weighted by atomic mass is 10.2. The van der Waals surface area contributed by atoms with E-state index in [1.807, 2.05) is 24.7 Å². The number of aliphatic imine (C=N–C) groups is 1. The number of guanidine groups is 1. The van der Waals surface area contributed by atoms with Crippen LogP contribution in [0.4, 0.5) is 0 Å². The maximum absolute atomic E-state index is 11.6. The van der Waals surface area contributed by atoms with Crippen molar-refractivity contribution in [3.63, 3.8) is 0 Å². The molecule has 1 aromatic rings. The molecule has 1 aromatic heterocycles. The quantitative estimate of drug-likeness (QED) is 0.750. The average molecular weight is 221 g/mol.